The fourth-order valence-electron chi connectivity index (χ4n) is 4.34. The summed E-state index contributed by atoms with van der Waals surface area (Å²) in [5.41, 5.74) is 4.92. The molecular formula is C24H21ClN2OS. The minimum atomic E-state index is -0.139. The second-order valence-corrected chi connectivity index (χ2v) is 9.37. The molecule has 3 nitrogen and oxygen atoms in total. The third-order valence-electron chi connectivity index (χ3n) is 5.70. The van der Waals surface area contributed by atoms with Gasteiger partial charge in [0.25, 0.3) is 0 Å². The maximum absolute atomic E-state index is 13.4. The van der Waals surface area contributed by atoms with Gasteiger partial charge in [0.2, 0.25) is 0 Å². The summed E-state index contributed by atoms with van der Waals surface area (Å²) in [5, 5.41) is 7.93. The van der Waals surface area contributed by atoms with E-state index in [1.165, 1.54) is 4.88 Å². The number of hydrogen-bond acceptors (Lipinski definition) is 4. The van der Waals surface area contributed by atoms with Crippen LogP contribution in [0.1, 0.15) is 40.1 Å². The number of carbonyl (C=O) groups is 1. The van der Waals surface area contributed by atoms with Crippen molar-refractivity contribution in [3.05, 3.63) is 92.3 Å². The Kier molecular flexibility index (Phi) is 4.69. The van der Waals surface area contributed by atoms with E-state index in [-0.39, 0.29) is 17.7 Å². The van der Waals surface area contributed by atoms with Gasteiger partial charge in [-0.3, -0.25) is 4.79 Å². The maximum atomic E-state index is 13.4. The van der Waals surface area contributed by atoms with Crippen LogP contribution in [0.5, 0.6) is 0 Å². The van der Waals surface area contributed by atoms with Crippen molar-refractivity contribution >= 4 is 40.1 Å². The van der Waals surface area contributed by atoms with Gasteiger partial charge in [0.15, 0.2) is 5.78 Å². The highest BCUT2D eigenvalue weighted by atomic mass is 35.5. The molecule has 3 aromatic rings. The first-order valence-corrected chi connectivity index (χ1v) is 11.0. The summed E-state index contributed by atoms with van der Waals surface area (Å²) in [6.07, 6.45) is 1.24. The molecule has 0 spiro atoms. The number of aryl methyl sites for hydroxylation is 1. The third-order valence-corrected chi connectivity index (χ3v) is 7.11. The summed E-state index contributed by atoms with van der Waals surface area (Å²) >= 11 is 8.20. The Morgan fingerprint density at radius 3 is 2.48 bits per heavy atom. The number of fused-ring (bicyclic) bond motifs is 1. The lowest BCUT2D eigenvalue weighted by atomic mass is 9.79. The summed E-state index contributed by atoms with van der Waals surface area (Å²) in [7, 11) is 0. The number of hydrogen-bond donors (Lipinski definition) is 2. The quantitative estimate of drug-likeness (QED) is 0.485. The normalized spacial score (nSPS) is 21.0. The Labute approximate surface area is 179 Å². The Bertz CT molecular complexity index is 1130. The predicted octanol–water partition coefficient (Wildman–Crippen LogP) is 6.69. The highest BCUT2D eigenvalue weighted by Gasteiger charge is 2.36. The van der Waals surface area contributed by atoms with Crippen molar-refractivity contribution in [3.63, 3.8) is 0 Å². The minimum absolute atomic E-state index is 0.0819. The van der Waals surface area contributed by atoms with Gasteiger partial charge in [-0.1, -0.05) is 41.9 Å². The van der Waals surface area contributed by atoms with Gasteiger partial charge in [-0.25, -0.2) is 0 Å². The number of allylic oxidation sites excluding steroid dienone is 1. The van der Waals surface area contributed by atoms with Crippen molar-refractivity contribution in [3.8, 4) is 0 Å². The van der Waals surface area contributed by atoms with Crippen LogP contribution in [-0.4, -0.2) is 5.78 Å². The van der Waals surface area contributed by atoms with Crippen LogP contribution in [-0.2, 0) is 4.79 Å². The average Bonchev–Trinajstić information content (AvgIpc) is 3.06. The summed E-state index contributed by atoms with van der Waals surface area (Å²) in [5.74, 6) is 0.262. The van der Waals surface area contributed by atoms with E-state index >= 15 is 0 Å². The highest BCUT2D eigenvalue weighted by molar-refractivity contribution is 7.12. The number of ketones is 1. The molecule has 1 aromatic heterocycles. The molecule has 2 atom stereocenters. The zero-order valence-electron chi connectivity index (χ0n) is 16.0. The van der Waals surface area contributed by atoms with Crippen LogP contribution < -0.4 is 10.6 Å². The molecule has 0 saturated heterocycles. The third kappa shape index (κ3) is 3.37. The molecule has 0 saturated carbocycles. The van der Waals surface area contributed by atoms with E-state index in [0.29, 0.717) is 6.42 Å². The molecule has 146 valence electrons. The number of carbonyl (C=O) groups excluding carboxylic acids is 1. The monoisotopic (exact) mass is 420 g/mol. The van der Waals surface area contributed by atoms with Crippen LogP contribution in [0.2, 0.25) is 5.02 Å². The van der Waals surface area contributed by atoms with Crippen LogP contribution in [0.3, 0.4) is 0 Å². The van der Waals surface area contributed by atoms with Crippen LogP contribution in [0, 0.1) is 6.92 Å². The van der Waals surface area contributed by atoms with Crippen LogP contribution in [0.25, 0.3) is 0 Å². The van der Waals surface area contributed by atoms with Gasteiger partial charge >= 0.3 is 0 Å². The largest absolute Gasteiger partial charge is 0.372 e. The molecule has 5 rings (SSSR count). The number of halogens is 1. The molecule has 0 amide bonds. The van der Waals surface area contributed by atoms with Gasteiger partial charge < -0.3 is 10.6 Å². The summed E-state index contributed by atoms with van der Waals surface area (Å²) in [4.78, 5) is 15.8. The number of benzene rings is 2. The first-order valence-electron chi connectivity index (χ1n) is 9.80. The molecule has 0 bridgehead atoms. The van der Waals surface area contributed by atoms with Gasteiger partial charge in [-0.15, -0.1) is 11.3 Å². The number of anilines is 2. The molecule has 1 aliphatic heterocycles. The van der Waals surface area contributed by atoms with Crippen LogP contribution in [0.4, 0.5) is 11.4 Å². The average molecular weight is 421 g/mol. The van der Waals surface area contributed by atoms with Crippen molar-refractivity contribution in [2.45, 2.75) is 31.7 Å². The van der Waals surface area contributed by atoms with E-state index in [2.05, 4.69) is 41.8 Å². The number of para-hydroxylation sites is 2. The zero-order chi connectivity index (χ0) is 20.0. The number of thiophene rings is 1. The van der Waals surface area contributed by atoms with Gasteiger partial charge in [0.1, 0.15) is 0 Å². The zero-order valence-corrected chi connectivity index (χ0v) is 17.6. The van der Waals surface area contributed by atoms with Crippen molar-refractivity contribution in [1.82, 2.24) is 0 Å². The Hall–Kier alpha value is -2.56. The molecular weight excluding hydrogens is 400 g/mol. The van der Waals surface area contributed by atoms with E-state index in [1.807, 2.05) is 36.4 Å². The van der Waals surface area contributed by atoms with Crippen molar-refractivity contribution < 1.29 is 4.79 Å². The maximum Gasteiger partial charge on any atom is 0.163 e. The minimum Gasteiger partial charge on any atom is -0.372 e. The Morgan fingerprint density at radius 1 is 0.966 bits per heavy atom. The number of nitrogens with one attached hydrogen (secondary N) is 2. The standard InChI is InChI=1S/C24H21ClN2OS/c1-14-10-11-22(29-14)24-23-20(26-18-8-4-5-9-19(18)27-24)12-15(13-21(23)28)16-6-2-3-7-17(16)25/h2-11,15,24,26-27H,12-13H2,1H3/t15-,24-/m1/s1. The molecule has 0 radical (unpaired) electrons. The molecule has 0 fully saturated rings. The topological polar surface area (TPSA) is 41.1 Å². The molecule has 29 heavy (non-hydrogen) atoms. The summed E-state index contributed by atoms with van der Waals surface area (Å²) < 4.78 is 0. The second kappa shape index (κ2) is 7.36. The molecule has 1 aliphatic carbocycles. The molecule has 2 heterocycles. The summed E-state index contributed by atoms with van der Waals surface area (Å²) in [6, 6.07) is 20.1. The van der Waals surface area contributed by atoms with Crippen molar-refractivity contribution in [2.24, 2.45) is 0 Å². The molecule has 2 N–H and O–H groups in total. The first kappa shape index (κ1) is 18.5. The highest BCUT2D eigenvalue weighted by Crippen LogP contribution is 2.46. The lowest BCUT2D eigenvalue weighted by Crippen LogP contribution is -2.26. The SMILES string of the molecule is Cc1ccc([C@H]2Nc3ccccc3NC3=C2C(=O)C[C@H](c2ccccc2Cl)C3)s1. The predicted molar refractivity (Wildman–Crippen MR) is 121 cm³/mol. The molecule has 2 aliphatic rings. The van der Waals surface area contributed by atoms with Crippen LogP contribution in [0.15, 0.2) is 71.9 Å². The fourth-order valence-corrected chi connectivity index (χ4v) is 5.57. The van der Waals surface area contributed by atoms with Crippen LogP contribution >= 0.6 is 22.9 Å². The van der Waals surface area contributed by atoms with E-state index in [4.69, 9.17) is 11.6 Å². The lowest BCUT2D eigenvalue weighted by Gasteiger charge is -2.29. The van der Waals surface area contributed by atoms with Crippen molar-refractivity contribution in [2.75, 3.05) is 10.6 Å². The van der Waals surface area contributed by atoms with E-state index < -0.39 is 0 Å². The molecule has 5 heteroatoms. The van der Waals surface area contributed by atoms with Gasteiger partial charge in [-0.2, -0.15) is 0 Å². The summed E-state index contributed by atoms with van der Waals surface area (Å²) in [6.45, 7) is 2.10. The van der Waals surface area contributed by atoms with Crippen molar-refractivity contribution in [1.29, 1.82) is 0 Å². The molecule has 2 aromatic carbocycles. The van der Waals surface area contributed by atoms with Gasteiger partial charge in [0.05, 0.1) is 17.4 Å². The lowest BCUT2D eigenvalue weighted by molar-refractivity contribution is -0.116. The van der Waals surface area contributed by atoms with Gasteiger partial charge in [-0.05, 0) is 55.2 Å². The van der Waals surface area contributed by atoms with E-state index in [1.54, 1.807) is 11.3 Å². The second-order valence-electron chi connectivity index (χ2n) is 7.64. The van der Waals surface area contributed by atoms with E-state index in [9.17, 15) is 4.79 Å². The smallest absolute Gasteiger partial charge is 0.163 e. The Morgan fingerprint density at radius 2 is 1.72 bits per heavy atom. The first-order chi connectivity index (χ1) is 14.1. The van der Waals surface area contributed by atoms with E-state index in [0.717, 1.165) is 44.5 Å². The fraction of sp³-hybridized carbons (Fsp3) is 0.208. The molecule has 0 unspecified atom stereocenters. The number of Topliss-reactive ketones (excluding diaryl/α,β-unsaturated/α-hetero) is 1. The Balaban J connectivity index is 1.62. The van der Waals surface area contributed by atoms with Gasteiger partial charge in [0, 0.05) is 32.5 Å². The number of rotatable bonds is 2.